The van der Waals surface area contributed by atoms with Gasteiger partial charge in [0.2, 0.25) is 5.91 Å². The molecule has 0 bridgehead atoms. The maximum atomic E-state index is 11.3. The summed E-state index contributed by atoms with van der Waals surface area (Å²) >= 11 is 0. The van der Waals surface area contributed by atoms with Crippen molar-refractivity contribution in [2.75, 3.05) is 6.54 Å². The molecule has 16 heavy (non-hydrogen) atoms. The Morgan fingerprint density at radius 3 is 2.62 bits per heavy atom. The minimum absolute atomic E-state index is 0.193. The first-order chi connectivity index (χ1) is 7.58. The van der Waals surface area contributed by atoms with Gasteiger partial charge >= 0.3 is 0 Å². The van der Waals surface area contributed by atoms with E-state index in [9.17, 15) is 4.79 Å². The highest BCUT2D eigenvalue weighted by Crippen LogP contribution is 2.04. The van der Waals surface area contributed by atoms with Crippen LogP contribution in [0, 0.1) is 6.92 Å². The first-order valence-electron chi connectivity index (χ1n) is 5.28. The summed E-state index contributed by atoms with van der Waals surface area (Å²) < 4.78 is 0. The maximum Gasteiger partial charge on any atom is 0.244 e. The number of hydrogen-bond donors (Lipinski definition) is 2. The van der Waals surface area contributed by atoms with Gasteiger partial charge in [0.15, 0.2) is 0 Å². The molecule has 1 aromatic carbocycles. The van der Waals surface area contributed by atoms with E-state index >= 15 is 0 Å². The topological polar surface area (TPSA) is 49.3 Å². The van der Waals surface area contributed by atoms with Crippen LogP contribution < -0.4 is 5.32 Å². The predicted octanol–water partition coefficient (Wildman–Crippen LogP) is 1.51. The molecule has 2 N–H and O–H groups in total. The van der Waals surface area contributed by atoms with Crippen LogP contribution >= 0.6 is 0 Å². The summed E-state index contributed by atoms with van der Waals surface area (Å²) in [5, 5.41) is 11.6. The smallest absolute Gasteiger partial charge is 0.244 e. The summed E-state index contributed by atoms with van der Waals surface area (Å²) in [5.41, 5.74) is 2.17. The Morgan fingerprint density at radius 2 is 2.06 bits per heavy atom. The van der Waals surface area contributed by atoms with Crippen LogP contribution in [0.5, 0.6) is 0 Å². The fraction of sp³-hybridized carbons (Fsp3) is 0.308. The van der Waals surface area contributed by atoms with Gasteiger partial charge in [-0.05, 0) is 25.5 Å². The number of rotatable bonds is 4. The van der Waals surface area contributed by atoms with Gasteiger partial charge in [-0.15, -0.1) is 0 Å². The van der Waals surface area contributed by atoms with Gasteiger partial charge in [0, 0.05) is 12.6 Å². The van der Waals surface area contributed by atoms with Gasteiger partial charge in [0.1, 0.15) is 0 Å². The van der Waals surface area contributed by atoms with E-state index in [-0.39, 0.29) is 12.5 Å². The van der Waals surface area contributed by atoms with Crippen molar-refractivity contribution in [3.05, 3.63) is 41.5 Å². The minimum atomic E-state index is -0.517. The van der Waals surface area contributed by atoms with Crippen LogP contribution in [0.3, 0.4) is 0 Å². The molecule has 3 heteroatoms. The van der Waals surface area contributed by atoms with E-state index < -0.39 is 6.10 Å². The van der Waals surface area contributed by atoms with Gasteiger partial charge in [-0.1, -0.05) is 29.8 Å². The maximum absolute atomic E-state index is 11.3. The molecule has 1 rings (SSSR count). The lowest BCUT2D eigenvalue weighted by molar-refractivity contribution is -0.116. The molecule has 1 amide bonds. The van der Waals surface area contributed by atoms with E-state index in [1.807, 2.05) is 31.2 Å². The summed E-state index contributed by atoms with van der Waals surface area (Å²) in [6.07, 6.45) is 2.70. The monoisotopic (exact) mass is 219 g/mol. The summed E-state index contributed by atoms with van der Waals surface area (Å²) in [4.78, 5) is 11.3. The molecular weight excluding hydrogens is 202 g/mol. The van der Waals surface area contributed by atoms with E-state index in [1.165, 1.54) is 11.6 Å². The molecule has 86 valence electrons. The van der Waals surface area contributed by atoms with Crippen LogP contribution in [0.25, 0.3) is 6.08 Å². The highest BCUT2D eigenvalue weighted by molar-refractivity contribution is 5.91. The first kappa shape index (κ1) is 12.5. The summed E-state index contributed by atoms with van der Waals surface area (Å²) in [6, 6.07) is 7.89. The molecule has 0 heterocycles. The molecular formula is C13H17NO2. The zero-order valence-corrected chi connectivity index (χ0v) is 9.60. The standard InChI is InChI=1S/C13H17NO2/c1-10-3-5-12(6-4-10)7-8-13(16)14-9-11(2)15/h3-8,11,15H,9H2,1-2H3,(H,14,16)/b8-7+/t11-/m1/s1. The Labute approximate surface area is 95.8 Å². The minimum Gasteiger partial charge on any atom is -0.392 e. The fourth-order valence-corrected chi connectivity index (χ4v) is 1.16. The number of hydrogen-bond acceptors (Lipinski definition) is 2. The van der Waals surface area contributed by atoms with Crippen LogP contribution in [-0.4, -0.2) is 23.7 Å². The van der Waals surface area contributed by atoms with Crippen LogP contribution in [0.15, 0.2) is 30.3 Å². The van der Waals surface area contributed by atoms with Crippen molar-refractivity contribution < 1.29 is 9.90 Å². The molecule has 0 radical (unpaired) electrons. The number of aliphatic hydroxyl groups is 1. The summed E-state index contributed by atoms with van der Waals surface area (Å²) in [5.74, 6) is -0.193. The van der Waals surface area contributed by atoms with Crippen molar-refractivity contribution in [3.8, 4) is 0 Å². The van der Waals surface area contributed by atoms with Crippen molar-refractivity contribution in [1.82, 2.24) is 5.32 Å². The Balaban J connectivity index is 2.47. The summed E-state index contributed by atoms with van der Waals surface area (Å²) in [7, 11) is 0. The van der Waals surface area contributed by atoms with Crippen LogP contribution in [0.2, 0.25) is 0 Å². The molecule has 1 atom stereocenters. The fourth-order valence-electron chi connectivity index (χ4n) is 1.16. The number of aryl methyl sites for hydroxylation is 1. The van der Waals surface area contributed by atoms with Crippen molar-refractivity contribution >= 4 is 12.0 Å². The third kappa shape index (κ3) is 4.75. The molecule has 0 aromatic heterocycles. The Kier molecular flexibility index (Phi) is 4.73. The molecule has 0 unspecified atom stereocenters. The van der Waals surface area contributed by atoms with Gasteiger partial charge in [-0.2, -0.15) is 0 Å². The second kappa shape index (κ2) is 6.08. The number of nitrogens with one attached hydrogen (secondary N) is 1. The predicted molar refractivity (Wildman–Crippen MR) is 64.9 cm³/mol. The van der Waals surface area contributed by atoms with Crippen LogP contribution in [-0.2, 0) is 4.79 Å². The lowest BCUT2D eigenvalue weighted by Gasteiger charge is -2.03. The van der Waals surface area contributed by atoms with E-state index in [0.717, 1.165) is 5.56 Å². The van der Waals surface area contributed by atoms with Crippen molar-refractivity contribution in [3.63, 3.8) is 0 Å². The molecule has 0 fully saturated rings. The largest absolute Gasteiger partial charge is 0.392 e. The molecule has 0 saturated heterocycles. The van der Waals surface area contributed by atoms with Gasteiger partial charge in [0.05, 0.1) is 6.10 Å². The number of amides is 1. The number of carbonyl (C=O) groups excluding carboxylic acids is 1. The number of benzene rings is 1. The highest BCUT2D eigenvalue weighted by atomic mass is 16.3. The second-order valence-electron chi connectivity index (χ2n) is 3.84. The summed E-state index contributed by atoms with van der Waals surface area (Å²) in [6.45, 7) is 3.92. The quantitative estimate of drug-likeness (QED) is 0.754. The zero-order chi connectivity index (χ0) is 12.0. The third-order valence-corrected chi connectivity index (χ3v) is 2.08. The molecule has 0 spiro atoms. The van der Waals surface area contributed by atoms with Gasteiger partial charge in [0.25, 0.3) is 0 Å². The molecule has 0 aliphatic heterocycles. The normalized spacial score (nSPS) is 12.7. The highest BCUT2D eigenvalue weighted by Gasteiger charge is 1.97. The average molecular weight is 219 g/mol. The lowest BCUT2D eigenvalue weighted by atomic mass is 10.1. The zero-order valence-electron chi connectivity index (χ0n) is 9.60. The number of aliphatic hydroxyl groups excluding tert-OH is 1. The van der Waals surface area contributed by atoms with Crippen molar-refractivity contribution in [2.24, 2.45) is 0 Å². The first-order valence-corrected chi connectivity index (χ1v) is 5.28. The van der Waals surface area contributed by atoms with Crippen LogP contribution in [0.1, 0.15) is 18.1 Å². The van der Waals surface area contributed by atoms with Crippen LogP contribution in [0.4, 0.5) is 0 Å². The van der Waals surface area contributed by atoms with E-state index in [4.69, 9.17) is 5.11 Å². The molecule has 0 aliphatic carbocycles. The molecule has 1 aromatic rings. The van der Waals surface area contributed by atoms with Crippen molar-refractivity contribution in [2.45, 2.75) is 20.0 Å². The van der Waals surface area contributed by atoms with Gasteiger partial charge < -0.3 is 10.4 Å². The number of carbonyl (C=O) groups is 1. The molecule has 0 aliphatic rings. The molecule has 3 nitrogen and oxygen atoms in total. The van der Waals surface area contributed by atoms with E-state index in [0.29, 0.717) is 0 Å². The SMILES string of the molecule is Cc1ccc(/C=C/C(=O)NC[C@@H](C)O)cc1. The average Bonchev–Trinajstić information content (AvgIpc) is 2.25. The van der Waals surface area contributed by atoms with Gasteiger partial charge in [-0.3, -0.25) is 4.79 Å². The Hall–Kier alpha value is -1.61. The van der Waals surface area contributed by atoms with Gasteiger partial charge in [-0.25, -0.2) is 0 Å². The Morgan fingerprint density at radius 1 is 1.44 bits per heavy atom. The lowest BCUT2D eigenvalue weighted by Crippen LogP contribution is -2.28. The Bertz CT molecular complexity index is 366. The van der Waals surface area contributed by atoms with E-state index in [1.54, 1.807) is 13.0 Å². The second-order valence-corrected chi connectivity index (χ2v) is 3.84. The van der Waals surface area contributed by atoms with E-state index in [2.05, 4.69) is 5.32 Å². The molecule has 0 saturated carbocycles. The third-order valence-electron chi connectivity index (χ3n) is 2.08. The van der Waals surface area contributed by atoms with Crippen molar-refractivity contribution in [1.29, 1.82) is 0 Å².